The van der Waals surface area contributed by atoms with Crippen LogP contribution in [0.2, 0.25) is 0 Å². The Balaban J connectivity index is 2.48. The molecule has 2 rings (SSSR count). The third-order valence-corrected chi connectivity index (χ3v) is 3.01. The standard InChI is InChI=1S/C15H19NO3/c1-15(2,3)12-7-10(5-6-13(12)18-4)14-8-11(9-17)16-19-14/h5-8,17H,9H2,1-4H3. The van der Waals surface area contributed by atoms with Crippen molar-refractivity contribution in [2.75, 3.05) is 7.11 Å². The third-order valence-electron chi connectivity index (χ3n) is 3.01. The van der Waals surface area contributed by atoms with Crippen molar-refractivity contribution in [3.63, 3.8) is 0 Å². The molecule has 0 aliphatic rings. The van der Waals surface area contributed by atoms with Crippen LogP contribution in [0.15, 0.2) is 28.8 Å². The second kappa shape index (κ2) is 5.05. The molecule has 0 aliphatic heterocycles. The highest BCUT2D eigenvalue weighted by Crippen LogP contribution is 2.35. The Bertz CT molecular complexity index is 567. The second-order valence-corrected chi connectivity index (χ2v) is 5.51. The van der Waals surface area contributed by atoms with Gasteiger partial charge in [-0.3, -0.25) is 0 Å². The molecule has 0 radical (unpaired) electrons. The number of hydrogen-bond donors (Lipinski definition) is 1. The summed E-state index contributed by atoms with van der Waals surface area (Å²) < 4.78 is 10.6. The van der Waals surface area contributed by atoms with Gasteiger partial charge in [0.2, 0.25) is 0 Å². The van der Waals surface area contributed by atoms with E-state index in [1.807, 2.05) is 18.2 Å². The third kappa shape index (κ3) is 2.79. The van der Waals surface area contributed by atoms with Gasteiger partial charge in [0.15, 0.2) is 5.76 Å². The molecule has 1 aromatic carbocycles. The van der Waals surface area contributed by atoms with Crippen molar-refractivity contribution in [3.05, 3.63) is 35.5 Å². The number of aromatic nitrogens is 1. The van der Waals surface area contributed by atoms with E-state index in [9.17, 15) is 0 Å². The van der Waals surface area contributed by atoms with E-state index in [4.69, 9.17) is 14.4 Å². The molecule has 0 fully saturated rings. The molecule has 0 aliphatic carbocycles. The van der Waals surface area contributed by atoms with E-state index >= 15 is 0 Å². The summed E-state index contributed by atoms with van der Waals surface area (Å²) in [6.07, 6.45) is 0. The first kappa shape index (κ1) is 13.6. The normalized spacial score (nSPS) is 11.6. The average molecular weight is 261 g/mol. The first-order valence-electron chi connectivity index (χ1n) is 6.21. The van der Waals surface area contributed by atoms with E-state index in [1.54, 1.807) is 13.2 Å². The molecule has 4 heteroatoms. The average Bonchev–Trinajstić information content (AvgIpc) is 2.85. The van der Waals surface area contributed by atoms with Gasteiger partial charge in [-0.05, 0) is 23.6 Å². The number of rotatable bonds is 3. The van der Waals surface area contributed by atoms with Gasteiger partial charge in [0, 0.05) is 17.2 Å². The van der Waals surface area contributed by atoms with Crippen LogP contribution in [0.4, 0.5) is 0 Å². The molecule has 19 heavy (non-hydrogen) atoms. The van der Waals surface area contributed by atoms with Gasteiger partial charge in [0.05, 0.1) is 13.7 Å². The zero-order valence-corrected chi connectivity index (χ0v) is 11.7. The smallest absolute Gasteiger partial charge is 0.167 e. The predicted molar refractivity (Wildman–Crippen MR) is 73.1 cm³/mol. The summed E-state index contributed by atoms with van der Waals surface area (Å²) in [6, 6.07) is 7.64. The number of hydrogen-bond acceptors (Lipinski definition) is 4. The van der Waals surface area contributed by atoms with Crippen LogP contribution < -0.4 is 4.74 Å². The lowest BCUT2D eigenvalue weighted by atomic mass is 9.85. The Hall–Kier alpha value is -1.81. The lowest BCUT2D eigenvalue weighted by Crippen LogP contribution is -2.12. The fourth-order valence-corrected chi connectivity index (χ4v) is 1.97. The number of aliphatic hydroxyl groups excluding tert-OH is 1. The van der Waals surface area contributed by atoms with Gasteiger partial charge in [-0.15, -0.1) is 0 Å². The van der Waals surface area contributed by atoms with Gasteiger partial charge in [0.25, 0.3) is 0 Å². The van der Waals surface area contributed by atoms with Crippen molar-refractivity contribution < 1.29 is 14.4 Å². The zero-order chi connectivity index (χ0) is 14.0. The lowest BCUT2D eigenvalue weighted by Gasteiger charge is -2.22. The number of aliphatic hydroxyl groups is 1. The SMILES string of the molecule is COc1ccc(-c2cc(CO)no2)cc1C(C)(C)C. The van der Waals surface area contributed by atoms with Crippen LogP contribution >= 0.6 is 0 Å². The summed E-state index contributed by atoms with van der Waals surface area (Å²) in [4.78, 5) is 0. The zero-order valence-electron chi connectivity index (χ0n) is 11.7. The molecule has 0 bridgehead atoms. The van der Waals surface area contributed by atoms with Crippen molar-refractivity contribution in [2.24, 2.45) is 0 Å². The molecular formula is C15H19NO3. The van der Waals surface area contributed by atoms with Crippen molar-refractivity contribution in [3.8, 4) is 17.1 Å². The summed E-state index contributed by atoms with van der Waals surface area (Å²) >= 11 is 0. The predicted octanol–water partition coefficient (Wildman–Crippen LogP) is 3.14. The molecule has 102 valence electrons. The van der Waals surface area contributed by atoms with Crippen LogP contribution in [0.3, 0.4) is 0 Å². The molecule has 0 amide bonds. The van der Waals surface area contributed by atoms with Crippen molar-refractivity contribution >= 4 is 0 Å². The highest BCUT2D eigenvalue weighted by Gasteiger charge is 2.20. The molecular weight excluding hydrogens is 242 g/mol. The van der Waals surface area contributed by atoms with Crippen LogP contribution in [0.5, 0.6) is 5.75 Å². The Morgan fingerprint density at radius 1 is 1.26 bits per heavy atom. The van der Waals surface area contributed by atoms with Gasteiger partial charge in [-0.1, -0.05) is 25.9 Å². The van der Waals surface area contributed by atoms with Crippen LogP contribution in [-0.4, -0.2) is 17.4 Å². The summed E-state index contributed by atoms with van der Waals surface area (Å²) in [7, 11) is 1.67. The number of methoxy groups -OCH3 is 1. The van der Waals surface area contributed by atoms with E-state index in [1.165, 1.54) is 0 Å². The van der Waals surface area contributed by atoms with Crippen molar-refractivity contribution in [2.45, 2.75) is 32.8 Å². The maximum atomic E-state index is 9.02. The Labute approximate surface area is 113 Å². The minimum atomic E-state index is -0.119. The Morgan fingerprint density at radius 2 is 2.00 bits per heavy atom. The van der Waals surface area contributed by atoms with E-state index in [0.29, 0.717) is 11.5 Å². The van der Waals surface area contributed by atoms with Crippen molar-refractivity contribution in [1.29, 1.82) is 0 Å². The first-order chi connectivity index (χ1) is 8.95. The summed E-state index contributed by atoms with van der Waals surface area (Å²) in [5.41, 5.74) is 2.54. The minimum Gasteiger partial charge on any atom is -0.496 e. The largest absolute Gasteiger partial charge is 0.496 e. The molecule has 2 aromatic rings. The van der Waals surface area contributed by atoms with Gasteiger partial charge in [0.1, 0.15) is 11.4 Å². The maximum absolute atomic E-state index is 9.02. The molecule has 1 N–H and O–H groups in total. The Kier molecular flexibility index (Phi) is 3.62. The monoisotopic (exact) mass is 261 g/mol. The molecule has 1 heterocycles. The van der Waals surface area contributed by atoms with E-state index < -0.39 is 0 Å². The fourth-order valence-electron chi connectivity index (χ4n) is 1.97. The summed E-state index contributed by atoms with van der Waals surface area (Å²) in [6.45, 7) is 6.28. The number of ether oxygens (including phenoxy) is 1. The molecule has 4 nitrogen and oxygen atoms in total. The fraction of sp³-hybridized carbons (Fsp3) is 0.400. The summed E-state index contributed by atoms with van der Waals surface area (Å²) in [5.74, 6) is 1.51. The van der Waals surface area contributed by atoms with Crippen LogP contribution in [0, 0.1) is 0 Å². The molecule has 0 saturated carbocycles. The topological polar surface area (TPSA) is 55.5 Å². The number of nitrogens with zero attached hydrogens (tertiary/aromatic N) is 1. The van der Waals surface area contributed by atoms with E-state index in [0.717, 1.165) is 16.9 Å². The Morgan fingerprint density at radius 3 is 2.53 bits per heavy atom. The van der Waals surface area contributed by atoms with Crippen LogP contribution in [0.25, 0.3) is 11.3 Å². The van der Waals surface area contributed by atoms with Gasteiger partial charge < -0.3 is 14.4 Å². The molecule has 0 saturated heterocycles. The van der Waals surface area contributed by atoms with E-state index in [-0.39, 0.29) is 12.0 Å². The molecule has 1 aromatic heterocycles. The quantitative estimate of drug-likeness (QED) is 0.922. The lowest BCUT2D eigenvalue weighted by molar-refractivity contribution is 0.267. The van der Waals surface area contributed by atoms with Gasteiger partial charge in [-0.25, -0.2) is 0 Å². The van der Waals surface area contributed by atoms with Crippen molar-refractivity contribution in [1.82, 2.24) is 5.16 Å². The molecule has 0 atom stereocenters. The maximum Gasteiger partial charge on any atom is 0.167 e. The highest BCUT2D eigenvalue weighted by molar-refractivity contribution is 5.61. The van der Waals surface area contributed by atoms with Gasteiger partial charge >= 0.3 is 0 Å². The summed E-state index contributed by atoms with van der Waals surface area (Å²) in [5, 5.41) is 12.8. The molecule has 0 spiro atoms. The second-order valence-electron chi connectivity index (χ2n) is 5.51. The number of benzene rings is 1. The van der Waals surface area contributed by atoms with Crippen LogP contribution in [-0.2, 0) is 12.0 Å². The van der Waals surface area contributed by atoms with E-state index in [2.05, 4.69) is 25.9 Å². The van der Waals surface area contributed by atoms with Crippen LogP contribution in [0.1, 0.15) is 32.0 Å². The first-order valence-corrected chi connectivity index (χ1v) is 6.21. The highest BCUT2D eigenvalue weighted by atomic mass is 16.5. The van der Waals surface area contributed by atoms with Gasteiger partial charge in [-0.2, -0.15) is 0 Å². The molecule has 0 unspecified atom stereocenters. The minimum absolute atomic E-state index is 0.0266.